The SMILES string of the molecule is CC1=NC2(CCc3cc(-c4ccncc4)ccc3C2)CO1. The monoisotopic (exact) mass is 278 g/mol. The molecule has 1 unspecified atom stereocenters. The van der Waals surface area contributed by atoms with Gasteiger partial charge in [-0.15, -0.1) is 0 Å². The lowest BCUT2D eigenvalue weighted by Crippen LogP contribution is -2.35. The summed E-state index contributed by atoms with van der Waals surface area (Å²) in [5.41, 5.74) is 5.37. The summed E-state index contributed by atoms with van der Waals surface area (Å²) >= 11 is 0. The number of benzene rings is 1. The molecule has 21 heavy (non-hydrogen) atoms. The van der Waals surface area contributed by atoms with Crippen molar-refractivity contribution in [1.29, 1.82) is 0 Å². The van der Waals surface area contributed by atoms with Crippen molar-refractivity contribution in [2.45, 2.75) is 31.7 Å². The molecule has 2 heterocycles. The molecule has 0 saturated carbocycles. The minimum atomic E-state index is -0.00470. The second-order valence-corrected chi connectivity index (χ2v) is 6.04. The smallest absolute Gasteiger partial charge is 0.180 e. The number of ether oxygens (including phenoxy) is 1. The molecule has 2 aromatic rings. The Labute approximate surface area is 124 Å². The average molecular weight is 278 g/mol. The molecule has 1 aromatic carbocycles. The van der Waals surface area contributed by atoms with E-state index in [-0.39, 0.29) is 5.54 Å². The molecular formula is C18H18N2O. The molecular weight excluding hydrogens is 260 g/mol. The highest BCUT2D eigenvalue weighted by atomic mass is 16.5. The summed E-state index contributed by atoms with van der Waals surface area (Å²) in [5.74, 6) is 0.840. The first kappa shape index (κ1) is 12.6. The summed E-state index contributed by atoms with van der Waals surface area (Å²) in [6.45, 7) is 2.70. The van der Waals surface area contributed by atoms with Gasteiger partial charge in [-0.3, -0.25) is 4.98 Å². The lowest BCUT2D eigenvalue weighted by Gasteiger charge is -2.30. The van der Waals surface area contributed by atoms with Crippen molar-refractivity contribution in [2.75, 3.05) is 6.61 Å². The molecule has 3 heteroatoms. The minimum Gasteiger partial charge on any atom is -0.479 e. The van der Waals surface area contributed by atoms with E-state index in [1.165, 1.54) is 22.3 Å². The van der Waals surface area contributed by atoms with Crippen molar-refractivity contribution in [3.8, 4) is 11.1 Å². The standard InChI is InChI=1S/C18H18N2O/c1-13-20-18(12-21-13)7-4-16-10-15(2-3-17(16)11-18)14-5-8-19-9-6-14/h2-3,5-6,8-10H,4,7,11-12H2,1H3. The summed E-state index contributed by atoms with van der Waals surface area (Å²) in [6, 6.07) is 10.9. The third kappa shape index (κ3) is 2.23. The van der Waals surface area contributed by atoms with E-state index in [2.05, 4.69) is 35.3 Å². The number of hydrogen-bond donors (Lipinski definition) is 0. The van der Waals surface area contributed by atoms with Gasteiger partial charge in [0.1, 0.15) is 12.1 Å². The van der Waals surface area contributed by atoms with Gasteiger partial charge in [0.15, 0.2) is 5.90 Å². The van der Waals surface area contributed by atoms with Gasteiger partial charge in [-0.2, -0.15) is 0 Å². The van der Waals surface area contributed by atoms with Crippen LogP contribution in [0.3, 0.4) is 0 Å². The second-order valence-electron chi connectivity index (χ2n) is 6.04. The molecule has 1 atom stereocenters. The molecule has 2 aliphatic rings. The highest BCUT2D eigenvalue weighted by molar-refractivity contribution is 5.75. The molecule has 0 radical (unpaired) electrons. The van der Waals surface area contributed by atoms with Gasteiger partial charge in [-0.25, -0.2) is 4.99 Å². The molecule has 1 aromatic heterocycles. The number of fused-ring (bicyclic) bond motifs is 1. The molecule has 106 valence electrons. The van der Waals surface area contributed by atoms with Crippen LogP contribution in [-0.4, -0.2) is 23.0 Å². The number of nitrogens with zero attached hydrogens (tertiary/aromatic N) is 2. The van der Waals surface area contributed by atoms with Crippen LogP contribution in [-0.2, 0) is 17.6 Å². The highest BCUT2D eigenvalue weighted by Crippen LogP contribution is 2.36. The van der Waals surface area contributed by atoms with Crippen molar-refractivity contribution in [2.24, 2.45) is 4.99 Å². The van der Waals surface area contributed by atoms with E-state index >= 15 is 0 Å². The summed E-state index contributed by atoms with van der Waals surface area (Å²) < 4.78 is 5.60. The summed E-state index contributed by atoms with van der Waals surface area (Å²) in [7, 11) is 0. The largest absolute Gasteiger partial charge is 0.479 e. The molecule has 3 nitrogen and oxygen atoms in total. The summed E-state index contributed by atoms with van der Waals surface area (Å²) in [5, 5.41) is 0. The van der Waals surface area contributed by atoms with Crippen LogP contribution in [0.15, 0.2) is 47.7 Å². The van der Waals surface area contributed by atoms with Gasteiger partial charge in [-0.05, 0) is 47.2 Å². The van der Waals surface area contributed by atoms with Crippen LogP contribution in [0.5, 0.6) is 0 Å². The maximum atomic E-state index is 5.60. The fraction of sp³-hybridized carbons (Fsp3) is 0.333. The zero-order valence-corrected chi connectivity index (χ0v) is 12.2. The molecule has 1 aliphatic heterocycles. The number of pyridine rings is 1. The molecule has 0 bridgehead atoms. The number of rotatable bonds is 1. The Morgan fingerprint density at radius 3 is 2.67 bits per heavy atom. The maximum absolute atomic E-state index is 5.60. The third-order valence-corrected chi connectivity index (χ3v) is 4.54. The number of aryl methyl sites for hydroxylation is 1. The second kappa shape index (κ2) is 4.69. The molecule has 1 aliphatic carbocycles. The van der Waals surface area contributed by atoms with Crippen molar-refractivity contribution >= 4 is 5.90 Å². The van der Waals surface area contributed by atoms with E-state index < -0.39 is 0 Å². The van der Waals surface area contributed by atoms with Crippen molar-refractivity contribution < 1.29 is 4.74 Å². The molecule has 0 N–H and O–H groups in total. The Morgan fingerprint density at radius 2 is 1.90 bits per heavy atom. The van der Waals surface area contributed by atoms with E-state index in [1.807, 2.05) is 19.3 Å². The van der Waals surface area contributed by atoms with Crippen LogP contribution in [0.1, 0.15) is 24.5 Å². The Balaban J connectivity index is 1.67. The highest BCUT2D eigenvalue weighted by Gasteiger charge is 2.38. The predicted octanol–water partition coefficient (Wildman–Crippen LogP) is 3.42. The lowest BCUT2D eigenvalue weighted by atomic mass is 9.78. The zero-order valence-electron chi connectivity index (χ0n) is 12.2. The van der Waals surface area contributed by atoms with E-state index in [0.29, 0.717) is 0 Å². The van der Waals surface area contributed by atoms with Gasteiger partial charge in [0.25, 0.3) is 0 Å². The summed E-state index contributed by atoms with van der Waals surface area (Å²) in [6.07, 6.45) is 6.84. The van der Waals surface area contributed by atoms with E-state index in [9.17, 15) is 0 Å². The first-order chi connectivity index (χ1) is 10.2. The van der Waals surface area contributed by atoms with E-state index in [1.54, 1.807) is 0 Å². The number of aromatic nitrogens is 1. The molecule has 4 rings (SSSR count). The van der Waals surface area contributed by atoms with Crippen LogP contribution in [0, 0.1) is 0 Å². The zero-order chi connectivity index (χ0) is 14.3. The van der Waals surface area contributed by atoms with Gasteiger partial charge in [0, 0.05) is 25.7 Å². The van der Waals surface area contributed by atoms with Crippen molar-refractivity contribution in [3.63, 3.8) is 0 Å². The number of hydrogen-bond acceptors (Lipinski definition) is 3. The molecule has 1 spiro atoms. The quantitative estimate of drug-likeness (QED) is 0.801. The fourth-order valence-corrected chi connectivity index (χ4v) is 3.42. The third-order valence-electron chi connectivity index (χ3n) is 4.54. The average Bonchev–Trinajstić information content (AvgIpc) is 2.88. The Bertz CT molecular complexity index is 708. The van der Waals surface area contributed by atoms with Crippen molar-refractivity contribution in [1.82, 2.24) is 4.98 Å². The Morgan fingerprint density at radius 1 is 1.05 bits per heavy atom. The van der Waals surface area contributed by atoms with Crippen LogP contribution >= 0.6 is 0 Å². The van der Waals surface area contributed by atoms with E-state index in [0.717, 1.165) is 31.8 Å². The topological polar surface area (TPSA) is 34.5 Å². The Hall–Kier alpha value is -2.16. The van der Waals surface area contributed by atoms with Gasteiger partial charge >= 0.3 is 0 Å². The van der Waals surface area contributed by atoms with Gasteiger partial charge in [-0.1, -0.05) is 18.2 Å². The predicted molar refractivity (Wildman–Crippen MR) is 83.5 cm³/mol. The first-order valence-electron chi connectivity index (χ1n) is 7.46. The number of aliphatic imine (C=N–C) groups is 1. The van der Waals surface area contributed by atoms with E-state index in [4.69, 9.17) is 9.73 Å². The first-order valence-corrected chi connectivity index (χ1v) is 7.46. The normalized spacial score (nSPS) is 23.6. The fourth-order valence-electron chi connectivity index (χ4n) is 3.42. The summed E-state index contributed by atoms with van der Waals surface area (Å²) in [4.78, 5) is 8.83. The Kier molecular flexibility index (Phi) is 2.81. The lowest BCUT2D eigenvalue weighted by molar-refractivity contribution is 0.236. The van der Waals surface area contributed by atoms with Crippen molar-refractivity contribution in [3.05, 3.63) is 53.9 Å². The van der Waals surface area contributed by atoms with Crippen LogP contribution in [0.4, 0.5) is 0 Å². The van der Waals surface area contributed by atoms with Gasteiger partial charge in [0.05, 0.1) is 0 Å². The molecule has 0 amide bonds. The van der Waals surface area contributed by atoms with Gasteiger partial charge in [0.2, 0.25) is 0 Å². The minimum absolute atomic E-state index is 0.00470. The molecule has 0 saturated heterocycles. The van der Waals surface area contributed by atoms with Crippen LogP contribution in [0.2, 0.25) is 0 Å². The van der Waals surface area contributed by atoms with Crippen LogP contribution in [0.25, 0.3) is 11.1 Å². The van der Waals surface area contributed by atoms with Gasteiger partial charge < -0.3 is 4.74 Å². The maximum Gasteiger partial charge on any atom is 0.180 e. The van der Waals surface area contributed by atoms with Crippen LogP contribution < -0.4 is 0 Å². The molecule has 0 fully saturated rings.